The van der Waals surface area contributed by atoms with Gasteiger partial charge in [-0.3, -0.25) is 4.79 Å². The zero-order chi connectivity index (χ0) is 19.9. The van der Waals surface area contributed by atoms with Gasteiger partial charge in [0.25, 0.3) is 0 Å². The highest BCUT2D eigenvalue weighted by Gasteiger charge is 2.18. The Bertz CT molecular complexity index is 863. The normalized spacial score (nSPS) is 14.4. The summed E-state index contributed by atoms with van der Waals surface area (Å²) in [7, 11) is -0.547. The molecule has 0 atom stereocenters. The minimum Gasteiger partial charge on any atom is -0.282 e. The van der Waals surface area contributed by atoms with Gasteiger partial charge in [-0.1, -0.05) is 122 Å². The monoisotopic (exact) mass is 418 g/mol. The molecule has 0 spiro atoms. The van der Waals surface area contributed by atoms with Crippen LogP contribution in [0.3, 0.4) is 0 Å². The summed E-state index contributed by atoms with van der Waals surface area (Å²) >= 11 is 1.46. The summed E-state index contributed by atoms with van der Waals surface area (Å²) in [4.78, 5) is 12.8. The van der Waals surface area contributed by atoms with Crippen molar-refractivity contribution in [3.63, 3.8) is 0 Å². The predicted molar refractivity (Wildman–Crippen MR) is 128 cm³/mol. The topological polar surface area (TPSA) is 17.1 Å². The van der Waals surface area contributed by atoms with Crippen molar-refractivity contribution in [2.75, 3.05) is 5.49 Å². The molecule has 0 saturated heterocycles. The first-order chi connectivity index (χ1) is 14.3. The van der Waals surface area contributed by atoms with Crippen molar-refractivity contribution in [2.45, 2.75) is 32.1 Å². The maximum atomic E-state index is 12.8. The van der Waals surface area contributed by atoms with Crippen LogP contribution in [0.5, 0.6) is 0 Å². The molecule has 1 saturated carbocycles. The van der Waals surface area contributed by atoms with Crippen LogP contribution in [0.4, 0.5) is 0 Å². The van der Waals surface area contributed by atoms with Gasteiger partial charge in [-0.15, -0.1) is 0 Å². The van der Waals surface area contributed by atoms with Crippen LogP contribution in [0.25, 0.3) is 0 Å². The number of rotatable bonds is 7. The second-order valence-corrected chi connectivity index (χ2v) is 11.3. The molecular weight excluding hydrogens is 391 g/mol. The molecule has 3 aromatic carbocycles. The number of hydrogen-bond donors (Lipinski definition) is 0. The third-order valence-electron chi connectivity index (χ3n) is 5.65. The number of thioether (sulfide) groups is 1. The third-order valence-corrected chi connectivity index (χ3v) is 9.54. The Labute approximate surface area is 179 Å². The molecule has 1 aliphatic rings. The maximum absolute atomic E-state index is 12.8. The van der Waals surface area contributed by atoms with Gasteiger partial charge in [0.15, 0.2) is 0 Å². The van der Waals surface area contributed by atoms with Crippen LogP contribution in [0.15, 0.2) is 84.9 Å². The van der Waals surface area contributed by atoms with E-state index in [1.807, 2.05) is 24.3 Å². The molecule has 0 bridgehead atoms. The van der Waals surface area contributed by atoms with E-state index in [4.69, 9.17) is 0 Å². The van der Waals surface area contributed by atoms with Gasteiger partial charge < -0.3 is 0 Å². The highest BCUT2D eigenvalue weighted by atomic mass is 32.2. The average molecular weight is 419 g/mol. The van der Waals surface area contributed by atoms with Gasteiger partial charge >= 0.3 is 0 Å². The molecule has 0 unspecified atom stereocenters. The lowest BCUT2D eigenvalue weighted by molar-refractivity contribution is 0.108. The van der Waals surface area contributed by atoms with E-state index in [-0.39, 0.29) is 5.12 Å². The van der Waals surface area contributed by atoms with E-state index in [1.165, 1.54) is 53.6 Å². The van der Waals surface area contributed by atoms with Crippen LogP contribution in [0.1, 0.15) is 41.6 Å². The minimum absolute atomic E-state index is 0.178. The molecule has 0 radical (unpaired) electrons. The highest BCUT2D eigenvalue weighted by molar-refractivity contribution is 8.18. The molecule has 0 aromatic heterocycles. The molecule has 0 aliphatic heterocycles. The van der Waals surface area contributed by atoms with Crippen molar-refractivity contribution in [2.24, 2.45) is 5.92 Å². The Kier molecular flexibility index (Phi) is 7.19. The Morgan fingerprint density at radius 3 is 1.90 bits per heavy atom. The van der Waals surface area contributed by atoms with Gasteiger partial charge in [0.1, 0.15) is 0 Å². The van der Waals surface area contributed by atoms with Crippen molar-refractivity contribution in [3.8, 4) is 0 Å². The molecule has 0 heterocycles. The van der Waals surface area contributed by atoms with Crippen LogP contribution in [0.2, 0.25) is 0 Å². The van der Waals surface area contributed by atoms with Gasteiger partial charge in [0.05, 0.1) is 0 Å². The largest absolute Gasteiger partial charge is 0.282 e. The summed E-state index contributed by atoms with van der Waals surface area (Å²) in [5.41, 5.74) is 3.00. The fraction of sp³-hybridized carbons (Fsp3) is 0.269. The zero-order valence-electron chi connectivity index (χ0n) is 16.7. The molecule has 0 amide bonds. The number of benzene rings is 3. The first-order valence-corrected chi connectivity index (χ1v) is 12.9. The van der Waals surface area contributed by atoms with Crippen LogP contribution in [-0.2, 0) is 6.42 Å². The molecule has 0 N–H and O–H groups in total. The molecule has 29 heavy (non-hydrogen) atoms. The predicted octanol–water partition coefficient (Wildman–Crippen LogP) is 6.38. The number of hydrogen-bond acceptors (Lipinski definition) is 2. The lowest BCUT2D eigenvalue weighted by Crippen LogP contribution is -2.13. The summed E-state index contributed by atoms with van der Waals surface area (Å²) in [5, 5.41) is 2.82. The van der Waals surface area contributed by atoms with E-state index in [2.05, 4.69) is 60.7 Å². The molecule has 3 aromatic rings. The molecular formula is C26H27OPS. The van der Waals surface area contributed by atoms with Crippen molar-refractivity contribution >= 4 is 35.4 Å². The summed E-state index contributed by atoms with van der Waals surface area (Å²) < 4.78 is 0. The van der Waals surface area contributed by atoms with Crippen molar-refractivity contribution in [3.05, 3.63) is 96.1 Å². The van der Waals surface area contributed by atoms with Crippen LogP contribution in [-0.4, -0.2) is 10.6 Å². The van der Waals surface area contributed by atoms with E-state index in [0.717, 1.165) is 23.4 Å². The van der Waals surface area contributed by atoms with E-state index < -0.39 is 7.92 Å². The van der Waals surface area contributed by atoms with E-state index in [9.17, 15) is 4.79 Å². The lowest BCUT2D eigenvalue weighted by atomic mass is 9.97. The fourth-order valence-corrected chi connectivity index (χ4v) is 7.89. The van der Waals surface area contributed by atoms with E-state index in [1.54, 1.807) is 0 Å². The summed E-state index contributed by atoms with van der Waals surface area (Å²) in [5.74, 6) is 0.839. The van der Waals surface area contributed by atoms with Crippen LogP contribution in [0, 0.1) is 5.92 Å². The standard InChI is InChI=1S/C26H27OPS/c27-26(23-17-15-22(16-18-23)19-21-9-7-8-10-21)29-20-28(24-11-3-1-4-12-24)25-13-5-2-6-14-25/h1-6,11-18,21H,7-10,19-20H2. The van der Waals surface area contributed by atoms with E-state index in [0.29, 0.717) is 0 Å². The Morgan fingerprint density at radius 1 is 0.793 bits per heavy atom. The van der Waals surface area contributed by atoms with Crippen LogP contribution < -0.4 is 10.6 Å². The molecule has 1 nitrogen and oxygen atoms in total. The minimum atomic E-state index is -0.547. The summed E-state index contributed by atoms with van der Waals surface area (Å²) in [6, 6.07) is 29.5. The molecule has 148 valence electrons. The third kappa shape index (κ3) is 5.59. The van der Waals surface area contributed by atoms with Gasteiger partial charge in [0.2, 0.25) is 5.12 Å². The Balaban J connectivity index is 1.41. The zero-order valence-corrected chi connectivity index (χ0v) is 18.4. The Morgan fingerprint density at radius 2 is 1.34 bits per heavy atom. The average Bonchev–Trinajstić information content (AvgIpc) is 3.29. The second kappa shape index (κ2) is 10.2. The lowest BCUT2D eigenvalue weighted by Gasteiger charge is -2.18. The maximum Gasteiger partial charge on any atom is 0.219 e. The van der Waals surface area contributed by atoms with Gasteiger partial charge in [-0.25, -0.2) is 0 Å². The summed E-state index contributed by atoms with van der Waals surface area (Å²) in [6.07, 6.45) is 6.64. The van der Waals surface area contributed by atoms with Crippen molar-refractivity contribution in [1.82, 2.24) is 0 Å². The molecule has 4 rings (SSSR count). The van der Waals surface area contributed by atoms with Crippen molar-refractivity contribution < 1.29 is 4.79 Å². The van der Waals surface area contributed by atoms with Crippen molar-refractivity contribution in [1.29, 1.82) is 0 Å². The second-order valence-electron chi connectivity index (χ2n) is 7.71. The molecule has 1 aliphatic carbocycles. The number of carbonyl (C=O) groups excluding carboxylic acids is 1. The Hall–Kier alpha value is -1.89. The summed E-state index contributed by atoms with van der Waals surface area (Å²) in [6.45, 7) is 0. The van der Waals surface area contributed by atoms with Crippen LogP contribution >= 0.6 is 19.7 Å². The molecule has 3 heteroatoms. The fourth-order valence-electron chi connectivity index (χ4n) is 4.05. The first kappa shape index (κ1) is 20.4. The van der Waals surface area contributed by atoms with E-state index >= 15 is 0 Å². The molecule has 1 fully saturated rings. The van der Waals surface area contributed by atoms with Gasteiger partial charge in [0, 0.05) is 11.1 Å². The number of carbonyl (C=O) groups is 1. The quantitative estimate of drug-likeness (QED) is 0.414. The smallest absolute Gasteiger partial charge is 0.219 e. The first-order valence-electron chi connectivity index (χ1n) is 10.4. The highest BCUT2D eigenvalue weighted by Crippen LogP contribution is 2.38. The SMILES string of the molecule is O=C(SCP(c1ccccc1)c1ccccc1)c1ccc(CC2CCCC2)cc1. The van der Waals surface area contributed by atoms with Gasteiger partial charge in [-0.05, 0) is 36.4 Å². The van der Waals surface area contributed by atoms with Gasteiger partial charge in [-0.2, -0.15) is 0 Å².